The van der Waals surface area contributed by atoms with Gasteiger partial charge in [-0.2, -0.15) is 5.26 Å². The number of methoxy groups -OCH3 is 1. The highest BCUT2D eigenvalue weighted by Gasteiger charge is 2.15. The Hall–Kier alpha value is -2.81. The van der Waals surface area contributed by atoms with Gasteiger partial charge in [-0.25, -0.2) is 0 Å². The molecule has 3 aromatic rings. The second-order valence-corrected chi connectivity index (χ2v) is 6.56. The molecule has 124 valence electrons. The Kier molecular flexibility index (Phi) is 5.03. The van der Waals surface area contributed by atoms with Gasteiger partial charge >= 0.3 is 0 Å². The zero-order chi connectivity index (χ0) is 17.8. The monoisotopic (exact) mass is 368 g/mol. The molecule has 0 aliphatic heterocycles. The average molecular weight is 369 g/mol. The van der Waals surface area contributed by atoms with E-state index in [-0.39, 0.29) is 5.57 Å². The quantitative estimate of drug-likeness (QED) is 0.514. The van der Waals surface area contributed by atoms with Crippen molar-refractivity contribution in [3.63, 3.8) is 0 Å². The van der Waals surface area contributed by atoms with Crippen LogP contribution >= 0.6 is 22.9 Å². The van der Waals surface area contributed by atoms with E-state index in [0.717, 1.165) is 10.1 Å². The highest BCUT2D eigenvalue weighted by atomic mass is 35.5. The number of halogens is 1. The topological polar surface area (TPSA) is 62.1 Å². The summed E-state index contributed by atoms with van der Waals surface area (Å²) in [4.78, 5) is 13.1. The Morgan fingerprint density at radius 3 is 2.68 bits per heavy atom. The molecule has 0 aliphatic carbocycles. The standard InChI is InChI=1S/C19H13ClN2O2S/c1-24-15-8-4-3-7-14(15)22-19(23)12(11-21)10-17-18(20)13-6-2-5-9-16(13)25-17/h2-10H,1H3,(H,22,23)/b12-10+. The third-order valence-electron chi connectivity index (χ3n) is 3.56. The molecule has 0 saturated carbocycles. The minimum absolute atomic E-state index is 0.0284. The van der Waals surface area contributed by atoms with Crippen molar-refractivity contribution in [2.45, 2.75) is 0 Å². The Balaban J connectivity index is 1.93. The van der Waals surface area contributed by atoms with Gasteiger partial charge in [0, 0.05) is 15.0 Å². The molecule has 0 atom stereocenters. The lowest BCUT2D eigenvalue weighted by molar-refractivity contribution is -0.112. The highest BCUT2D eigenvalue weighted by Crippen LogP contribution is 2.36. The number of nitriles is 1. The van der Waals surface area contributed by atoms with Crippen LogP contribution in [0.25, 0.3) is 16.2 Å². The van der Waals surface area contributed by atoms with E-state index in [1.165, 1.54) is 24.5 Å². The second-order valence-electron chi connectivity index (χ2n) is 5.10. The summed E-state index contributed by atoms with van der Waals surface area (Å²) in [5.41, 5.74) is 0.470. The van der Waals surface area contributed by atoms with Crippen LogP contribution in [0.15, 0.2) is 54.1 Å². The number of hydrogen-bond donors (Lipinski definition) is 1. The van der Waals surface area contributed by atoms with Crippen molar-refractivity contribution in [2.75, 3.05) is 12.4 Å². The third-order valence-corrected chi connectivity index (χ3v) is 5.19. The Bertz CT molecular complexity index is 1020. The van der Waals surface area contributed by atoms with E-state index >= 15 is 0 Å². The molecule has 25 heavy (non-hydrogen) atoms. The lowest BCUT2D eigenvalue weighted by Gasteiger charge is -2.09. The zero-order valence-corrected chi connectivity index (χ0v) is 14.8. The Morgan fingerprint density at radius 2 is 1.96 bits per heavy atom. The Morgan fingerprint density at radius 1 is 1.24 bits per heavy atom. The SMILES string of the molecule is COc1ccccc1NC(=O)/C(C#N)=C/c1sc2ccccc2c1Cl. The number of nitrogens with zero attached hydrogens (tertiary/aromatic N) is 1. The minimum atomic E-state index is -0.513. The van der Waals surface area contributed by atoms with Crippen LogP contribution in [-0.4, -0.2) is 13.0 Å². The van der Waals surface area contributed by atoms with Gasteiger partial charge in [0.1, 0.15) is 17.4 Å². The molecule has 6 heteroatoms. The number of anilines is 1. The normalized spacial score (nSPS) is 11.2. The largest absolute Gasteiger partial charge is 0.495 e. The molecule has 1 heterocycles. The van der Waals surface area contributed by atoms with Gasteiger partial charge in [-0.3, -0.25) is 4.79 Å². The first-order valence-corrected chi connectivity index (χ1v) is 8.56. The fourth-order valence-corrected chi connectivity index (χ4v) is 3.77. The molecular weight excluding hydrogens is 356 g/mol. The molecule has 2 aromatic carbocycles. The van der Waals surface area contributed by atoms with E-state index in [1.54, 1.807) is 24.3 Å². The van der Waals surface area contributed by atoms with E-state index in [4.69, 9.17) is 16.3 Å². The van der Waals surface area contributed by atoms with Crippen LogP contribution in [0.5, 0.6) is 5.75 Å². The zero-order valence-electron chi connectivity index (χ0n) is 13.2. The number of nitrogens with one attached hydrogen (secondary N) is 1. The fraction of sp³-hybridized carbons (Fsp3) is 0.0526. The number of carbonyl (C=O) groups is 1. The van der Waals surface area contributed by atoms with E-state index in [0.29, 0.717) is 21.3 Å². The summed E-state index contributed by atoms with van der Waals surface area (Å²) in [6, 6.07) is 16.6. The number of benzene rings is 2. The molecule has 0 saturated heterocycles. The van der Waals surface area contributed by atoms with Crippen molar-refractivity contribution >= 4 is 50.7 Å². The van der Waals surface area contributed by atoms with Gasteiger partial charge in [0.2, 0.25) is 0 Å². The number of thiophene rings is 1. The molecular formula is C19H13ClN2O2S. The number of rotatable bonds is 4. The van der Waals surface area contributed by atoms with Crippen molar-refractivity contribution in [2.24, 2.45) is 0 Å². The smallest absolute Gasteiger partial charge is 0.266 e. The van der Waals surface area contributed by atoms with Gasteiger partial charge < -0.3 is 10.1 Å². The van der Waals surface area contributed by atoms with Crippen molar-refractivity contribution < 1.29 is 9.53 Å². The lowest BCUT2D eigenvalue weighted by Crippen LogP contribution is -2.14. The number of fused-ring (bicyclic) bond motifs is 1. The molecule has 1 amide bonds. The predicted octanol–water partition coefficient (Wildman–Crippen LogP) is 5.11. The maximum absolute atomic E-state index is 12.4. The molecule has 0 unspecified atom stereocenters. The van der Waals surface area contributed by atoms with Gasteiger partial charge in [-0.15, -0.1) is 11.3 Å². The van der Waals surface area contributed by atoms with Crippen LogP contribution in [-0.2, 0) is 4.79 Å². The van der Waals surface area contributed by atoms with Gasteiger partial charge in [-0.05, 0) is 24.3 Å². The number of hydrogen-bond acceptors (Lipinski definition) is 4. The van der Waals surface area contributed by atoms with Crippen molar-refractivity contribution in [1.82, 2.24) is 0 Å². The van der Waals surface area contributed by atoms with Crippen LogP contribution in [0.3, 0.4) is 0 Å². The summed E-state index contributed by atoms with van der Waals surface area (Å²) in [6.07, 6.45) is 1.51. The molecule has 0 fully saturated rings. The van der Waals surface area contributed by atoms with E-state index in [2.05, 4.69) is 5.32 Å². The van der Waals surface area contributed by atoms with E-state index in [1.807, 2.05) is 30.3 Å². The first-order chi connectivity index (χ1) is 12.1. The summed E-state index contributed by atoms with van der Waals surface area (Å²) < 4.78 is 6.20. The molecule has 0 bridgehead atoms. The van der Waals surface area contributed by atoms with Gasteiger partial charge in [0.25, 0.3) is 5.91 Å². The number of ether oxygens (including phenoxy) is 1. The average Bonchev–Trinajstić information content (AvgIpc) is 2.96. The van der Waals surface area contributed by atoms with Crippen LogP contribution in [0.4, 0.5) is 5.69 Å². The molecule has 3 rings (SSSR count). The summed E-state index contributed by atoms with van der Waals surface area (Å²) in [5, 5.41) is 13.5. The number of para-hydroxylation sites is 2. The summed E-state index contributed by atoms with van der Waals surface area (Å²) in [5.74, 6) is 0.00792. The minimum Gasteiger partial charge on any atom is -0.495 e. The second kappa shape index (κ2) is 7.39. The number of carbonyl (C=O) groups excluding carboxylic acids is 1. The first kappa shape index (κ1) is 17.0. The van der Waals surface area contributed by atoms with Crippen LogP contribution in [0, 0.1) is 11.3 Å². The number of amides is 1. The first-order valence-electron chi connectivity index (χ1n) is 7.37. The molecule has 1 N–H and O–H groups in total. The maximum atomic E-state index is 12.4. The van der Waals surface area contributed by atoms with Crippen LogP contribution < -0.4 is 10.1 Å². The molecule has 0 radical (unpaired) electrons. The summed E-state index contributed by atoms with van der Waals surface area (Å²) in [6.45, 7) is 0. The van der Waals surface area contributed by atoms with E-state index < -0.39 is 5.91 Å². The molecule has 4 nitrogen and oxygen atoms in total. The molecule has 0 aliphatic rings. The van der Waals surface area contributed by atoms with Crippen molar-refractivity contribution in [3.8, 4) is 11.8 Å². The van der Waals surface area contributed by atoms with Gasteiger partial charge in [0.05, 0.1) is 17.8 Å². The fourth-order valence-electron chi connectivity index (χ4n) is 2.34. The van der Waals surface area contributed by atoms with E-state index in [9.17, 15) is 10.1 Å². The third kappa shape index (κ3) is 3.50. The summed E-state index contributed by atoms with van der Waals surface area (Å²) >= 11 is 7.81. The van der Waals surface area contributed by atoms with Crippen LogP contribution in [0.1, 0.15) is 4.88 Å². The van der Waals surface area contributed by atoms with Crippen LogP contribution in [0.2, 0.25) is 5.02 Å². The highest BCUT2D eigenvalue weighted by molar-refractivity contribution is 7.20. The maximum Gasteiger partial charge on any atom is 0.266 e. The van der Waals surface area contributed by atoms with Crippen molar-refractivity contribution in [1.29, 1.82) is 5.26 Å². The van der Waals surface area contributed by atoms with Gasteiger partial charge in [-0.1, -0.05) is 41.9 Å². The van der Waals surface area contributed by atoms with Crippen molar-refractivity contribution in [3.05, 3.63) is 64.0 Å². The predicted molar refractivity (Wildman–Crippen MR) is 102 cm³/mol. The molecule has 0 spiro atoms. The summed E-state index contributed by atoms with van der Waals surface area (Å²) in [7, 11) is 1.52. The molecule has 1 aromatic heterocycles. The Labute approximate surface area is 153 Å². The lowest BCUT2D eigenvalue weighted by atomic mass is 10.2. The van der Waals surface area contributed by atoms with Gasteiger partial charge in [0.15, 0.2) is 0 Å².